The SMILES string of the molecule is Nc1ccc(S(=O)(=O)Nc2ncc3cc4n(c3n2)C2(CCCCC2)C(=O)N[C@@H]4CF)cc1. The molecule has 0 unspecified atom stereocenters. The highest BCUT2D eigenvalue weighted by atomic mass is 32.2. The molecule has 3 aromatic rings. The van der Waals surface area contributed by atoms with Gasteiger partial charge in [-0.3, -0.25) is 4.79 Å². The quantitative estimate of drug-likeness (QED) is 0.515. The van der Waals surface area contributed by atoms with E-state index in [0.717, 1.165) is 19.3 Å². The number of hydrogen-bond acceptors (Lipinski definition) is 6. The number of halogens is 1. The van der Waals surface area contributed by atoms with Crippen molar-refractivity contribution in [2.75, 3.05) is 17.1 Å². The Morgan fingerprint density at radius 2 is 1.94 bits per heavy atom. The smallest absolute Gasteiger partial charge is 0.264 e. The Hall–Kier alpha value is -3.21. The number of nitrogens with one attached hydrogen (secondary N) is 2. The first kappa shape index (κ1) is 20.7. The van der Waals surface area contributed by atoms with Gasteiger partial charge in [-0.05, 0) is 43.2 Å². The molecule has 1 amide bonds. The van der Waals surface area contributed by atoms with Gasteiger partial charge in [-0.2, -0.15) is 4.98 Å². The molecule has 11 heteroatoms. The molecule has 3 heterocycles. The zero-order valence-corrected chi connectivity index (χ0v) is 18.0. The molecule has 168 valence electrons. The number of carbonyl (C=O) groups excluding carboxylic acids is 1. The number of nitrogens with zero attached hydrogens (tertiary/aromatic N) is 3. The van der Waals surface area contributed by atoms with Gasteiger partial charge in [-0.25, -0.2) is 22.5 Å². The van der Waals surface area contributed by atoms with Gasteiger partial charge < -0.3 is 15.6 Å². The molecule has 1 atom stereocenters. The van der Waals surface area contributed by atoms with Crippen molar-refractivity contribution < 1.29 is 17.6 Å². The van der Waals surface area contributed by atoms with Crippen LogP contribution in [0.4, 0.5) is 16.0 Å². The number of aromatic nitrogens is 3. The molecule has 0 bridgehead atoms. The summed E-state index contributed by atoms with van der Waals surface area (Å²) in [6.07, 6.45) is 5.49. The zero-order valence-electron chi connectivity index (χ0n) is 17.2. The Labute approximate surface area is 184 Å². The second kappa shape index (κ2) is 7.44. The van der Waals surface area contributed by atoms with Crippen molar-refractivity contribution in [2.45, 2.75) is 48.6 Å². The number of anilines is 2. The summed E-state index contributed by atoms with van der Waals surface area (Å²) in [6, 6.07) is 6.76. The highest BCUT2D eigenvalue weighted by Gasteiger charge is 2.48. The lowest BCUT2D eigenvalue weighted by Gasteiger charge is -2.43. The van der Waals surface area contributed by atoms with E-state index in [2.05, 4.69) is 20.0 Å². The highest BCUT2D eigenvalue weighted by molar-refractivity contribution is 7.92. The molecule has 1 saturated carbocycles. The van der Waals surface area contributed by atoms with Crippen LogP contribution < -0.4 is 15.8 Å². The van der Waals surface area contributed by atoms with E-state index >= 15 is 0 Å². The third kappa shape index (κ3) is 3.19. The topological polar surface area (TPSA) is 132 Å². The fourth-order valence-electron chi connectivity index (χ4n) is 4.76. The lowest BCUT2D eigenvalue weighted by atomic mass is 9.79. The van der Waals surface area contributed by atoms with Gasteiger partial charge >= 0.3 is 0 Å². The summed E-state index contributed by atoms with van der Waals surface area (Å²) in [7, 11) is -3.94. The minimum absolute atomic E-state index is 0.0215. The Morgan fingerprint density at radius 3 is 2.62 bits per heavy atom. The van der Waals surface area contributed by atoms with Gasteiger partial charge in [-0.1, -0.05) is 19.3 Å². The van der Waals surface area contributed by atoms with Crippen molar-refractivity contribution in [3.63, 3.8) is 0 Å². The largest absolute Gasteiger partial charge is 0.399 e. The van der Waals surface area contributed by atoms with Crippen LogP contribution >= 0.6 is 0 Å². The van der Waals surface area contributed by atoms with E-state index in [1.807, 2.05) is 4.57 Å². The summed E-state index contributed by atoms with van der Waals surface area (Å²) in [6.45, 7) is -0.748. The maximum Gasteiger partial charge on any atom is 0.264 e. The molecule has 0 saturated heterocycles. The van der Waals surface area contributed by atoms with Crippen LogP contribution in [0.2, 0.25) is 0 Å². The van der Waals surface area contributed by atoms with E-state index in [1.165, 1.54) is 30.5 Å². The standard InChI is InChI=1S/C21H23FN6O3S/c22-11-16-17-10-13-12-24-20(27-32(30,31)15-6-4-14(23)5-7-15)26-18(13)28(17)21(19(29)25-16)8-2-1-3-9-21/h4-7,10,12,16H,1-3,8-9,11,23H2,(H,25,29)(H,24,26,27)/t16-/m1/s1. The van der Waals surface area contributed by atoms with E-state index < -0.39 is 28.3 Å². The Morgan fingerprint density at radius 1 is 1.22 bits per heavy atom. The number of nitrogens with two attached hydrogens (primary N) is 1. The first-order valence-corrected chi connectivity index (χ1v) is 12.0. The maximum absolute atomic E-state index is 13.8. The molecule has 9 nitrogen and oxygen atoms in total. The van der Waals surface area contributed by atoms with Crippen LogP contribution in [0.25, 0.3) is 11.0 Å². The van der Waals surface area contributed by atoms with Crippen molar-refractivity contribution in [1.29, 1.82) is 0 Å². The minimum atomic E-state index is -3.94. The molecule has 0 radical (unpaired) electrons. The molecule has 32 heavy (non-hydrogen) atoms. The lowest BCUT2D eigenvalue weighted by molar-refractivity contribution is -0.134. The van der Waals surface area contributed by atoms with Crippen LogP contribution in [0.3, 0.4) is 0 Å². The average Bonchev–Trinajstić information content (AvgIpc) is 3.17. The summed E-state index contributed by atoms with van der Waals surface area (Å²) in [4.78, 5) is 21.7. The molecule has 2 aromatic heterocycles. The molecular weight excluding hydrogens is 435 g/mol. The number of benzene rings is 1. The summed E-state index contributed by atoms with van der Waals surface area (Å²) < 4.78 is 43.5. The first-order valence-electron chi connectivity index (χ1n) is 10.5. The van der Waals surface area contributed by atoms with Crippen LogP contribution in [-0.2, 0) is 20.4 Å². The van der Waals surface area contributed by atoms with E-state index in [9.17, 15) is 17.6 Å². The summed E-state index contributed by atoms with van der Waals surface area (Å²) in [5.41, 5.74) is 6.26. The second-order valence-electron chi connectivity index (χ2n) is 8.32. The molecule has 1 aliphatic heterocycles. The lowest BCUT2D eigenvalue weighted by Crippen LogP contribution is -2.56. The third-order valence-corrected chi connectivity index (χ3v) is 7.68. The number of carbonyl (C=O) groups is 1. The summed E-state index contributed by atoms with van der Waals surface area (Å²) in [5, 5.41) is 3.44. The number of sulfonamides is 1. The fourth-order valence-corrected chi connectivity index (χ4v) is 5.71. The third-order valence-electron chi connectivity index (χ3n) is 6.33. The van der Waals surface area contributed by atoms with Crippen molar-refractivity contribution >= 4 is 38.6 Å². The van der Waals surface area contributed by atoms with Crippen molar-refractivity contribution in [1.82, 2.24) is 19.9 Å². The predicted molar refractivity (Wildman–Crippen MR) is 117 cm³/mol. The Kier molecular flexibility index (Phi) is 4.81. The molecule has 4 N–H and O–H groups in total. The normalized spacial score (nSPS) is 20.2. The molecule has 5 rings (SSSR count). The van der Waals surface area contributed by atoms with Crippen molar-refractivity contribution in [2.24, 2.45) is 0 Å². The van der Waals surface area contributed by atoms with Gasteiger partial charge in [0.25, 0.3) is 10.0 Å². The monoisotopic (exact) mass is 458 g/mol. The number of alkyl halides is 1. The average molecular weight is 459 g/mol. The van der Waals surface area contributed by atoms with E-state index in [4.69, 9.17) is 5.73 Å². The number of hydrogen-bond donors (Lipinski definition) is 3. The highest BCUT2D eigenvalue weighted by Crippen LogP contribution is 2.43. The molecule has 1 spiro atoms. The fraction of sp³-hybridized carbons (Fsp3) is 0.381. The Bertz CT molecular complexity index is 1300. The van der Waals surface area contributed by atoms with Crippen LogP contribution in [-0.4, -0.2) is 35.5 Å². The van der Waals surface area contributed by atoms with Gasteiger partial charge in [0.2, 0.25) is 11.9 Å². The summed E-state index contributed by atoms with van der Waals surface area (Å²) >= 11 is 0. The minimum Gasteiger partial charge on any atom is -0.399 e. The molecule has 1 aliphatic carbocycles. The molecule has 1 aromatic carbocycles. The van der Waals surface area contributed by atoms with Gasteiger partial charge in [0, 0.05) is 23.0 Å². The number of rotatable bonds is 4. The number of amides is 1. The predicted octanol–water partition coefficient (Wildman–Crippen LogP) is 2.61. The van der Waals surface area contributed by atoms with Crippen LogP contribution in [0.5, 0.6) is 0 Å². The van der Waals surface area contributed by atoms with Gasteiger partial charge in [0.1, 0.15) is 17.9 Å². The maximum atomic E-state index is 13.8. The molecule has 1 fully saturated rings. The molecule has 2 aliphatic rings. The number of fused-ring (bicyclic) bond motifs is 4. The second-order valence-corrected chi connectivity index (χ2v) is 10.0. The van der Waals surface area contributed by atoms with Crippen LogP contribution in [0.15, 0.2) is 41.4 Å². The summed E-state index contributed by atoms with van der Waals surface area (Å²) in [5.74, 6) is -0.337. The van der Waals surface area contributed by atoms with E-state index in [-0.39, 0.29) is 16.8 Å². The van der Waals surface area contributed by atoms with Crippen molar-refractivity contribution in [3.8, 4) is 0 Å². The first-order chi connectivity index (χ1) is 15.3. The van der Waals surface area contributed by atoms with E-state index in [1.54, 1.807) is 6.07 Å². The van der Waals surface area contributed by atoms with Crippen LogP contribution in [0, 0.1) is 0 Å². The Balaban J connectivity index is 1.62. The van der Waals surface area contributed by atoms with Gasteiger partial charge in [-0.15, -0.1) is 0 Å². The number of nitrogen functional groups attached to an aromatic ring is 1. The van der Waals surface area contributed by atoms with Crippen molar-refractivity contribution in [3.05, 3.63) is 42.2 Å². The van der Waals surface area contributed by atoms with Gasteiger partial charge in [0.15, 0.2) is 0 Å². The van der Waals surface area contributed by atoms with E-state index in [0.29, 0.717) is 35.3 Å². The van der Waals surface area contributed by atoms with Gasteiger partial charge in [0.05, 0.1) is 10.9 Å². The molecular formula is C21H23FN6O3S. The zero-order chi connectivity index (χ0) is 22.5. The van der Waals surface area contributed by atoms with Crippen LogP contribution in [0.1, 0.15) is 43.8 Å².